The van der Waals surface area contributed by atoms with Gasteiger partial charge < -0.3 is 15.2 Å². The van der Waals surface area contributed by atoms with E-state index < -0.39 is 12.7 Å². The monoisotopic (exact) mass is 401 g/mol. The van der Waals surface area contributed by atoms with Crippen LogP contribution in [-0.2, 0) is 25.9 Å². The Kier molecular flexibility index (Phi) is 5.81. The number of rotatable bonds is 7. The Morgan fingerprint density at radius 3 is 2.72 bits per heavy atom. The summed E-state index contributed by atoms with van der Waals surface area (Å²) in [4.78, 5) is 0. The van der Waals surface area contributed by atoms with Crippen LogP contribution in [0.15, 0.2) is 48.5 Å². The van der Waals surface area contributed by atoms with Gasteiger partial charge in [-0.2, -0.15) is 13.2 Å². The molecule has 29 heavy (non-hydrogen) atoms. The average Bonchev–Trinajstić information content (AvgIpc) is 3.04. The molecule has 0 spiro atoms. The minimum atomic E-state index is -4.21. The molecule has 1 aliphatic heterocycles. The Morgan fingerprint density at radius 1 is 1.00 bits per heavy atom. The summed E-state index contributed by atoms with van der Waals surface area (Å²) in [6, 6.07) is 15.8. The van der Waals surface area contributed by atoms with Gasteiger partial charge in [0.05, 0.1) is 0 Å². The molecule has 0 radical (unpaired) electrons. The van der Waals surface area contributed by atoms with Crippen LogP contribution in [0.3, 0.4) is 0 Å². The number of aromatic nitrogens is 1. The van der Waals surface area contributed by atoms with Crippen molar-refractivity contribution in [2.75, 3.05) is 18.4 Å². The highest BCUT2D eigenvalue weighted by molar-refractivity contribution is 5.85. The van der Waals surface area contributed by atoms with Gasteiger partial charge in [0.1, 0.15) is 6.54 Å². The molecule has 0 atom stereocenters. The van der Waals surface area contributed by atoms with Crippen molar-refractivity contribution in [3.63, 3.8) is 0 Å². The van der Waals surface area contributed by atoms with Crippen molar-refractivity contribution in [2.45, 2.75) is 44.9 Å². The molecule has 0 bridgehead atoms. The molecule has 0 saturated carbocycles. The number of nitrogens with zero attached hydrogens (tertiary/aromatic N) is 1. The summed E-state index contributed by atoms with van der Waals surface area (Å²) in [6.45, 7) is 1.55. The third-order valence-electron chi connectivity index (χ3n) is 5.54. The zero-order chi connectivity index (χ0) is 20.3. The summed E-state index contributed by atoms with van der Waals surface area (Å²) in [7, 11) is 0. The number of hydrogen-bond acceptors (Lipinski definition) is 2. The second kappa shape index (κ2) is 8.49. The van der Waals surface area contributed by atoms with Gasteiger partial charge in [-0.05, 0) is 61.6 Å². The molecule has 2 aromatic carbocycles. The number of benzene rings is 2. The fraction of sp³-hybridized carbons (Fsp3) is 0.391. The fourth-order valence-electron chi connectivity index (χ4n) is 4.25. The number of para-hydroxylation sites is 1. The predicted octanol–water partition coefficient (Wildman–Crippen LogP) is 5.28. The molecular formula is C23H26F3N3. The first-order valence-corrected chi connectivity index (χ1v) is 10.2. The standard InChI is InChI=1S/C23H26F3N3/c24-23(25,26)16-28-18-7-5-6-17(14-18)15-27-12-11-20-19-8-1-2-9-21(19)29-13-4-3-10-22(20)29/h1-2,5-9,14,27-28H,3-4,10-13,15-16H2. The van der Waals surface area contributed by atoms with Crippen LogP contribution in [-0.4, -0.2) is 23.8 Å². The van der Waals surface area contributed by atoms with Gasteiger partial charge in [0.2, 0.25) is 0 Å². The molecule has 3 aromatic rings. The predicted molar refractivity (Wildman–Crippen MR) is 111 cm³/mol. The van der Waals surface area contributed by atoms with Crippen LogP contribution in [0, 0.1) is 0 Å². The van der Waals surface area contributed by atoms with Gasteiger partial charge in [-0.1, -0.05) is 30.3 Å². The van der Waals surface area contributed by atoms with E-state index in [0.717, 1.165) is 31.5 Å². The molecule has 0 saturated heterocycles. The van der Waals surface area contributed by atoms with Gasteiger partial charge in [0.25, 0.3) is 0 Å². The van der Waals surface area contributed by atoms with Crippen LogP contribution >= 0.6 is 0 Å². The summed E-state index contributed by atoms with van der Waals surface area (Å²) >= 11 is 0. The molecule has 0 aliphatic carbocycles. The van der Waals surface area contributed by atoms with Gasteiger partial charge >= 0.3 is 6.18 Å². The molecule has 2 heterocycles. The molecule has 1 aromatic heterocycles. The molecule has 3 nitrogen and oxygen atoms in total. The van der Waals surface area contributed by atoms with E-state index in [1.807, 2.05) is 6.07 Å². The highest BCUT2D eigenvalue weighted by atomic mass is 19.4. The number of fused-ring (bicyclic) bond motifs is 3. The third kappa shape index (κ3) is 4.75. The van der Waals surface area contributed by atoms with E-state index in [-0.39, 0.29) is 0 Å². The Bertz CT molecular complexity index is 975. The highest BCUT2D eigenvalue weighted by Gasteiger charge is 2.26. The zero-order valence-electron chi connectivity index (χ0n) is 16.4. The number of nitrogens with one attached hydrogen (secondary N) is 2. The minimum absolute atomic E-state index is 0.495. The van der Waals surface area contributed by atoms with Gasteiger partial charge in [0.15, 0.2) is 0 Å². The molecule has 154 valence electrons. The first-order chi connectivity index (χ1) is 14.0. The van der Waals surface area contributed by atoms with Crippen LogP contribution in [0.2, 0.25) is 0 Å². The van der Waals surface area contributed by atoms with Crippen molar-refractivity contribution >= 4 is 16.6 Å². The SMILES string of the molecule is FC(F)(F)CNc1cccc(CNCCc2c3n(c4ccccc24)CCCC3)c1. The van der Waals surface area contributed by atoms with E-state index in [4.69, 9.17) is 0 Å². The van der Waals surface area contributed by atoms with E-state index in [0.29, 0.717) is 12.2 Å². The summed E-state index contributed by atoms with van der Waals surface area (Å²) in [5, 5.41) is 7.24. The molecule has 0 amide bonds. The largest absolute Gasteiger partial charge is 0.405 e. The topological polar surface area (TPSA) is 29.0 Å². The van der Waals surface area contributed by atoms with Gasteiger partial charge in [-0.3, -0.25) is 0 Å². The van der Waals surface area contributed by atoms with Crippen molar-refractivity contribution < 1.29 is 13.2 Å². The Labute approximate surface area is 168 Å². The van der Waals surface area contributed by atoms with Crippen molar-refractivity contribution in [2.24, 2.45) is 0 Å². The fourth-order valence-corrected chi connectivity index (χ4v) is 4.25. The lowest BCUT2D eigenvalue weighted by Gasteiger charge is -2.17. The molecule has 2 N–H and O–H groups in total. The lowest BCUT2D eigenvalue weighted by atomic mass is 10.0. The Balaban J connectivity index is 1.37. The molecule has 6 heteroatoms. The molecule has 0 unspecified atom stereocenters. The maximum Gasteiger partial charge on any atom is 0.405 e. The van der Waals surface area contributed by atoms with Gasteiger partial charge in [0, 0.05) is 35.4 Å². The summed E-state index contributed by atoms with van der Waals surface area (Å²) in [5.41, 5.74) is 5.71. The van der Waals surface area contributed by atoms with E-state index in [1.165, 1.54) is 35.0 Å². The van der Waals surface area contributed by atoms with Crippen molar-refractivity contribution in [1.82, 2.24) is 9.88 Å². The van der Waals surface area contributed by atoms with Gasteiger partial charge in [-0.25, -0.2) is 0 Å². The summed E-state index contributed by atoms with van der Waals surface area (Å²) in [6.07, 6.45) is 0.357. The van der Waals surface area contributed by atoms with Crippen LogP contribution < -0.4 is 10.6 Å². The van der Waals surface area contributed by atoms with E-state index in [1.54, 1.807) is 18.2 Å². The quantitative estimate of drug-likeness (QED) is 0.527. The van der Waals surface area contributed by atoms with Crippen LogP contribution in [0.1, 0.15) is 29.7 Å². The number of aryl methyl sites for hydroxylation is 1. The lowest BCUT2D eigenvalue weighted by molar-refractivity contribution is -0.115. The second-order valence-corrected chi connectivity index (χ2v) is 7.65. The Hall–Kier alpha value is -2.47. The smallest absolute Gasteiger partial charge is 0.376 e. The first-order valence-electron chi connectivity index (χ1n) is 10.2. The van der Waals surface area contributed by atoms with E-state index in [9.17, 15) is 13.2 Å². The van der Waals surface area contributed by atoms with Crippen molar-refractivity contribution in [3.05, 3.63) is 65.4 Å². The highest BCUT2D eigenvalue weighted by Crippen LogP contribution is 2.31. The van der Waals surface area contributed by atoms with Crippen LogP contribution in [0.4, 0.5) is 18.9 Å². The Morgan fingerprint density at radius 2 is 1.86 bits per heavy atom. The number of halogens is 3. The maximum atomic E-state index is 12.4. The third-order valence-corrected chi connectivity index (χ3v) is 5.54. The number of hydrogen-bond donors (Lipinski definition) is 2. The second-order valence-electron chi connectivity index (χ2n) is 7.65. The minimum Gasteiger partial charge on any atom is -0.376 e. The first kappa shape index (κ1) is 19.8. The van der Waals surface area contributed by atoms with Crippen LogP contribution in [0.25, 0.3) is 10.9 Å². The summed E-state index contributed by atoms with van der Waals surface area (Å²) in [5.74, 6) is 0. The van der Waals surface area contributed by atoms with Crippen molar-refractivity contribution in [1.29, 1.82) is 0 Å². The normalized spacial score (nSPS) is 14.2. The molecule has 4 rings (SSSR count). The zero-order valence-corrected chi connectivity index (χ0v) is 16.4. The average molecular weight is 401 g/mol. The maximum absolute atomic E-state index is 12.4. The number of anilines is 1. The van der Waals surface area contributed by atoms with E-state index in [2.05, 4.69) is 39.5 Å². The molecular weight excluding hydrogens is 375 g/mol. The van der Waals surface area contributed by atoms with Crippen LogP contribution in [0.5, 0.6) is 0 Å². The van der Waals surface area contributed by atoms with Crippen molar-refractivity contribution in [3.8, 4) is 0 Å². The molecule has 1 aliphatic rings. The number of alkyl halides is 3. The lowest BCUT2D eigenvalue weighted by Crippen LogP contribution is -2.21. The van der Waals surface area contributed by atoms with E-state index >= 15 is 0 Å². The summed E-state index contributed by atoms with van der Waals surface area (Å²) < 4.78 is 39.6. The van der Waals surface area contributed by atoms with Gasteiger partial charge in [-0.15, -0.1) is 0 Å². The molecule has 0 fully saturated rings.